The average molecular weight is 354 g/mol. The number of carbonyl (C=O) groups excluding carboxylic acids is 1. The zero-order chi connectivity index (χ0) is 17.5. The summed E-state index contributed by atoms with van der Waals surface area (Å²) in [6.07, 6.45) is 1.48. The van der Waals surface area contributed by atoms with Crippen LogP contribution in [0.2, 0.25) is 0 Å². The second kappa shape index (κ2) is 8.34. The minimum absolute atomic E-state index is 0.0924. The van der Waals surface area contributed by atoms with Gasteiger partial charge in [-0.1, -0.05) is 36.0 Å². The summed E-state index contributed by atoms with van der Waals surface area (Å²) in [4.78, 5) is 16.3. The Hall–Kier alpha value is -2.80. The number of methoxy groups -OCH3 is 1. The topological polar surface area (TPSA) is 79.9 Å². The maximum Gasteiger partial charge on any atom is 0.251 e. The number of carbonyl (C=O) groups is 1. The Morgan fingerprint density at radius 1 is 1.12 bits per heavy atom. The highest BCUT2D eigenvalue weighted by Gasteiger charge is 2.06. The van der Waals surface area contributed by atoms with Gasteiger partial charge in [-0.15, -0.1) is 0 Å². The molecule has 0 saturated carbocycles. The van der Waals surface area contributed by atoms with Crippen molar-refractivity contribution in [2.45, 2.75) is 17.5 Å². The van der Waals surface area contributed by atoms with Gasteiger partial charge in [0.2, 0.25) is 0 Å². The number of aromatic amines is 1. The fraction of sp³-hybridized carbons (Fsp3) is 0.167. The van der Waals surface area contributed by atoms with Crippen LogP contribution < -0.4 is 10.1 Å². The monoisotopic (exact) mass is 354 g/mol. The van der Waals surface area contributed by atoms with Crippen molar-refractivity contribution >= 4 is 17.7 Å². The number of ether oxygens (including phenoxy) is 1. The van der Waals surface area contributed by atoms with Gasteiger partial charge in [0, 0.05) is 17.9 Å². The second-order valence-electron chi connectivity index (χ2n) is 5.31. The number of hydrogen-bond donors (Lipinski definition) is 2. The Bertz CT molecular complexity index is 802. The summed E-state index contributed by atoms with van der Waals surface area (Å²) in [5.74, 6) is 1.47. The highest BCUT2D eigenvalue weighted by molar-refractivity contribution is 7.98. The molecule has 128 valence electrons. The summed E-state index contributed by atoms with van der Waals surface area (Å²) in [5.41, 5.74) is 2.78. The SMILES string of the molecule is COc1ccc(CNC(=O)c2ccc(CSc3ncn[nH]3)cc2)cc1. The number of benzene rings is 2. The molecule has 1 amide bonds. The van der Waals surface area contributed by atoms with Gasteiger partial charge >= 0.3 is 0 Å². The predicted octanol–water partition coefficient (Wildman–Crippen LogP) is 3.04. The van der Waals surface area contributed by atoms with E-state index in [0.717, 1.165) is 27.8 Å². The van der Waals surface area contributed by atoms with E-state index in [-0.39, 0.29) is 5.91 Å². The van der Waals surface area contributed by atoms with Gasteiger partial charge in [0.25, 0.3) is 5.91 Å². The van der Waals surface area contributed by atoms with E-state index in [1.807, 2.05) is 48.5 Å². The van der Waals surface area contributed by atoms with Crippen molar-refractivity contribution in [1.29, 1.82) is 0 Å². The van der Waals surface area contributed by atoms with Crippen molar-refractivity contribution < 1.29 is 9.53 Å². The molecule has 0 aliphatic heterocycles. The Kier molecular flexibility index (Phi) is 5.69. The fourth-order valence-corrected chi connectivity index (χ4v) is 2.93. The molecule has 0 spiro atoms. The molecule has 1 aromatic heterocycles. The largest absolute Gasteiger partial charge is 0.497 e. The summed E-state index contributed by atoms with van der Waals surface area (Å²) in [6.45, 7) is 0.478. The third kappa shape index (κ3) is 4.84. The molecular weight excluding hydrogens is 336 g/mol. The van der Waals surface area contributed by atoms with E-state index in [2.05, 4.69) is 20.5 Å². The number of amides is 1. The molecule has 3 rings (SSSR count). The lowest BCUT2D eigenvalue weighted by Gasteiger charge is -2.07. The molecule has 7 heteroatoms. The number of H-pyrrole nitrogens is 1. The van der Waals surface area contributed by atoms with Crippen LogP contribution in [0.5, 0.6) is 5.75 Å². The lowest BCUT2D eigenvalue weighted by molar-refractivity contribution is 0.0951. The van der Waals surface area contributed by atoms with Crippen LogP contribution in [0, 0.1) is 0 Å². The van der Waals surface area contributed by atoms with Gasteiger partial charge in [-0.2, -0.15) is 5.10 Å². The number of nitrogens with one attached hydrogen (secondary N) is 2. The summed E-state index contributed by atoms with van der Waals surface area (Å²) in [6, 6.07) is 15.2. The number of hydrogen-bond acceptors (Lipinski definition) is 5. The van der Waals surface area contributed by atoms with E-state index in [9.17, 15) is 4.79 Å². The number of rotatable bonds is 7. The third-order valence-electron chi connectivity index (χ3n) is 3.60. The maximum atomic E-state index is 12.2. The van der Waals surface area contributed by atoms with Crippen molar-refractivity contribution in [2.75, 3.05) is 7.11 Å². The first-order chi connectivity index (χ1) is 12.2. The van der Waals surface area contributed by atoms with E-state index in [4.69, 9.17) is 4.74 Å². The Balaban J connectivity index is 1.51. The molecule has 25 heavy (non-hydrogen) atoms. The molecule has 0 atom stereocenters. The summed E-state index contributed by atoms with van der Waals surface area (Å²) in [5, 5.41) is 10.3. The van der Waals surface area contributed by atoms with E-state index in [1.54, 1.807) is 18.9 Å². The Morgan fingerprint density at radius 2 is 1.84 bits per heavy atom. The molecule has 0 unspecified atom stereocenters. The summed E-state index contributed by atoms with van der Waals surface area (Å²) < 4.78 is 5.12. The Labute approximate surface area is 150 Å². The van der Waals surface area contributed by atoms with Gasteiger partial charge in [-0.05, 0) is 35.4 Å². The fourth-order valence-electron chi connectivity index (χ4n) is 2.20. The highest BCUT2D eigenvalue weighted by Crippen LogP contribution is 2.18. The molecule has 0 bridgehead atoms. The number of aromatic nitrogens is 3. The van der Waals surface area contributed by atoms with Crippen molar-refractivity contribution in [2.24, 2.45) is 0 Å². The van der Waals surface area contributed by atoms with Gasteiger partial charge < -0.3 is 10.1 Å². The number of thioether (sulfide) groups is 1. The maximum absolute atomic E-state index is 12.2. The van der Waals surface area contributed by atoms with Crippen LogP contribution >= 0.6 is 11.8 Å². The van der Waals surface area contributed by atoms with Crippen LogP contribution in [0.15, 0.2) is 60.0 Å². The summed E-state index contributed by atoms with van der Waals surface area (Å²) in [7, 11) is 1.63. The van der Waals surface area contributed by atoms with E-state index in [1.165, 1.54) is 6.33 Å². The Morgan fingerprint density at radius 3 is 2.48 bits per heavy atom. The lowest BCUT2D eigenvalue weighted by atomic mass is 10.1. The predicted molar refractivity (Wildman–Crippen MR) is 96.5 cm³/mol. The van der Waals surface area contributed by atoms with Gasteiger partial charge in [0.1, 0.15) is 12.1 Å². The van der Waals surface area contributed by atoms with Crippen molar-refractivity contribution in [1.82, 2.24) is 20.5 Å². The van der Waals surface area contributed by atoms with Gasteiger partial charge in [-0.25, -0.2) is 4.98 Å². The van der Waals surface area contributed by atoms with Crippen molar-refractivity contribution in [3.8, 4) is 5.75 Å². The van der Waals surface area contributed by atoms with Crippen LogP contribution in [-0.2, 0) is 12.3 Å². The van der Waals surface area contributed by atoms with Crippen molar-refractivity contribution in [3.05, 3.63) is 71.5 Å². The van der Waals surface area contributed by atoms with Crippen LogP contribution in [0.4, 0.5) is 0 Å². The minimum atomic E-state index is -0.0924. The zero-order valence-corrected chi connectivity index (χ0v) is 14.5. The molecule has 0 aliphatic rings. The van der Waals surface area contributed by atoms with Crippen molar-refractivity contribution in [3.63, 3.8) is 0 Å². The van der Waals surface area contributed by atoms with Crippen LogP contribution in [0.25, 0.3) is 0 Å². The van der Waals surface area contributed by atoms with E-state index < -0.39 is 0 Å². The second-order valence-corrected chi connectivity index (χ2v) is 6.27. The smallest absolute Gasteiger partial charge is 0.251 e. The minimum Gasteiger partial charge on any atom is -0.497 e. The lowest BCUT2D eigenvalue weighted by Crippen LogP contribution is -2.22. The molecule has 0 aliphatic carbocycles. The van der Waals surface area contributed by atoms with Gasteiger partial charge in [0.15, 0.2) is 5.16 Å². The number of nitrogens with zero attached hydrogens (tertiary/aromatic N) is 2. The molecule has 2 aromatic carbocycles. The summed E-state index contributed by atoms with van der Waals surface area (Å²) >= 11 is 1.56. The molecule has 3 aromatic rings. The first-order valence-electron chi connectivity index (χ1n) is 7.73. The van der Waals surface area contributed by atoms with Crippen LogP contribution in [-0.4, -0.2) is 28.2 Å². The highest BCUT2D eigenvalue weighted by atomic mass is 32.2. The van der Waals surface area contributed by atoms with E-state index in [0.29, 0.717) is 12.1 Å². The van der Waals surface area contributed by atoms with Crippen LogP contribution in [0.3, 0.4) is 0 Å². The van der Waals surface area contributed by atoms with Crippen LogP contribution in [0.1, 0.15) is 21.5 Å². The first kappa shape index (κ1) is 17.0. The normalized spacial score (nSPS) is 10.4. The zero-order valence-electron chi connectivity index (χ0n) is 13.7. The molecule has 0 radical (unpaired) electrons. The molecular formula is C18H18N4O2S. The van der Waals surface area contributed by atoms with E-state index >= 15 is 0 Å². The molecule has 2 N–H and O–H groups in total. The molecule has 0 fully saturated rings. The molecule has 6 nitrogen and oxygen atoms in total. The molecule has 1 heterocycles. The first-order valence-corrected chi connectivity index (χ1v) is 8.71. The van der Waals surface area contributed by atoms with Gasteiger partial charge in [0.05, 0.1) is 7.11 Å². The van der Waals surface area contributed by atoms with Gasteiger partial charge in [-0.3, -0.25) is 9.89 Å². The standard InChI is InChI=1S/C18H18N4O2S/c1-24-16-8-4-13(5-9-16)10-19-17(23)15-6-2-14(3-7-15)11-25-18-20-12-21-22-18/h2-9,12H,10-11H2,1H3,(H,19,23)(H,20,21,22). The molecule has 0 saturated heterocycles. The quantitative estimate of drug-likeness (QED) is 0.638. The average Bonchev–Trinajstić information content (AvgIpc) is 3.19. The third-order valence-corrected chi connectivity index (χ3v) is 4.54.